The largest absolute Gasteiger partial charge is 0.359 e. The van der Waals surface area contributed by atoms with Gasteiger partial charge in [-0.25, -0.2) is 0 Å². The van der Waals surface area contributed by atoms with Crippen LogP contribution in [0.4, 0.5) is 0 Å². The van der Waals surface area contributed by atoms with Crippen LogP contribution in [0.3, 0.4) is 0 Å². The van der Waals surface area contributed by atoms with Crippen molar-refractivity contribution in [3.05, 3.63) is 35.0 Å². The molecule has 0 aliphatic heterocycles. The van der Waals surface area contributed by atoms with E-state index in [1.165, 1.54) is 12.8 Å². The second kappa shape index (κ2) is 4.17. The molecule has 88 valence electrons. The quantitative estimate of drug-likeness (QED) is 0.818. The van der Waals surface area contributed by atoms with Crippen molar-refractivity contribution in [1.29, 1.82) is 0 Å². The summed E-state index contributed by atoms with van der Waals surface area (Å²) in [6.45, 7) is 0.407. The fourth-order valence-corrected chi connectivity index (χ4v) is 2.20. The molecule has 3 nitrogen and oxygen atoms in total. The molecule has 1 aromatic heterocycles. The van der Waals surface area contributed by atoms with Gasteiger partial charge in [-0.2, -0.15) is 0 Å². The van der Waals surface area contributed by atoms with E-state index >= 15 is 0 Å². The Morgan fingerprint density at radius 2 is 2.29 bits per heavy atom. The Balaban J connectivity index is 1.88. The van der Waals surface area contributed by atoms with Crippen molar-refractivity contribution < 1.29 is 4.79 Å². The van der Waals surface area contributed by atoms with Gasteiger partial charge in [0.2, 0.25) is 0 Å². The van der Waals surface area contributed by atoms with Gasteiger partial charge in [0.25, 0.3) is 0 Å². The number of Topliss-reactive ketones (excluding diaryl/α,β-unsaturated/α-hetero) is 1. The van der Waals surface area contributed by atoms with Gasteiger partial charge in [-0.3, -0.25) is 4.79 Å². The van der Waals surface area contributed by atoms with Gasteiger partial charge < -0.3 is 10.3 Å². The number of halogens is 1. The Morgan fingerprint density at radius 3 is 3.06 bits per heavy atom. The average Bonchev–Trinajstić information content (AvgIpc) is 3.04. The summed E-state index contributed by atoms with van der Waals surface area (Å²) in [7, 11) is 0. The van der Waals surface area contributed by atoms with E-state index in [2.05, 4.69) is 10.3 Å². The number of H-pyrrole nitrogens is 1. The predicted octanol–water partition coefficient (Wildman–Crippen LogP) is 2.76. The molecule has 4 heteroatoms. The standard InChI is InChI=1S/C13H13ClN2O/c14-11-3-1-2-9-10(6-16-13(9)11)12(17)7-15-8-4-5-8/h1-3,6,8,15-16H,4-5,7H2. The lowest BCUT2D eigenvalue weighted by molar-refractivity contribution is 0.0992. The topological polar surface area (TPSA) is 44.9 Å². The number of carbonyl (C=O) groups excluding carboxylic acids is 1. The van der Waals surface area contributed by atoms with Crippen molar-refractivity contribution in [2.75, 3.05) is 6.54 Å². The van der Waals surface area contributed by atoms with Crippen molar-refractivity contribution in [1.82, 2.24) is 10.3 Å². The maximum Gasteiger partial charge on any atom is 0.178 e. The lowest BCUT2D eigenvalue weighted by atomic mass is 10.1. The van der Waals surface area contributed by atoms with Gasteiger partial charge in [-0.15, -0.1) is 0 Å². The molecule has 1 aliphatic carbocycles. The third-order valence-corrected chi connectivity index (χ3v) is 3.41. The minimum Gasteiger partial charge on any atom is -0.359 e. The molecule has 1 heterocycles. The van der Waals surface area contributed by atoms with Crippen molar-refractivity contribution in [3.8, 4) is 0 Å². The van der Waals surface area contributed by atoms with Gasteiger partial charge in [-0.05, 0) is 18.9 Å². The molecule has 1 fully saturated rings. The molecule has 0 amide bonds. The van der Waals surface area contributed by atoms with Gasteiger partial charge in [0.15, 0.2) is 5.78 Å². The number of para-hydroxylation sites is 1. The van der Waals surface area contributed by atoms with Crippen molar-refractivity contribution >= 4 is 28.3 Å². The first-order chi connectivity index (χ1) is 8.25. The van der Waals surface area contributed by atoms with Crippen LogP contribution < -0.4 is 5.32 Å². The zero-order chi connectivity index (χ0) is 11.8. The number of aromatic amines is 1. The summed E-state index contributed by atoms with van der Waals surface area (Å²) in [5.41, 5.74) is 1.56. The number of hydrogen-bond acceptors (Lipinski definition) is 2. The Hall–Kier alpha value is -1.32. The Morgan fingerprint density at radius 1 is 1.47 bits per heavy atom. The van der Waals surface area contributed by atoms with E-state index in [1.54, 1.807) is 6.20 Å². The zero-order valence-corrected chi connectivity index (χ0v) is 10.1. The summed E-state index contributed by atoms with van der Waals surface area (Å²) >= 11 is 6.05. The van der Waals surface area contributed by atoms with Crippen molar-refractivity contribution in [2.45, 2.75) is 18.9 Å². The van der Waals surface area contributed by atoms with Crippen LogP contribution in [0.15, 0.2) is 24.4 Å². The van der Waals surface area contributed by atoms with Crippen LogP contribution in [0.2, 0.25) is 5.02 Å². The molecule has 1 aliphatic rings. The lowest BCUT2D eigenvalue weighted by Crippen LogP contribution is -2.24. The van der Waals surface area contributed by atoms with Gasteiger partial charge in [-0.1, -0.05) is 23.7 Å². The molecule has 0 unspecified atom stereocenters. The van der Waals surface area contributed by atoms with E-state index < -0.39 is 0 Å². The number of nitrogens with one attached hydrogen (secondary N) is 2. The number of aromatic nitrogens is 1. The Kier molecular flexibility index (Phi) is 2.65. The van der Waals surface area contributed by atoms with Crippen LogP contribution >= 0.6 is 11.6 Å². The molecule has 0 saturated heterocycles. The van der Waals surface area contributed by atoms with E-state index in [9.17, 15) is 4.79 Å². The van der Waals surface area contributed by atoms with E-state index in [4.69, 9.17) is 11.6 Å². The number of benzene rings is 1. The third kappa shape index (κ3) is 2.08. The molecule has 0 atom stereocenters. The highest BCUT2D eigenvalue weighted by Crippen LogP contribution is 2.25. The fourth-order valence-electron chi connectivity index (χ4n) is 1.97. The summed E-state index contributed by atoms with van der Waals surface area (Å²) in [5, 5.41) is 4.78. The first-order valence-corrected chi connectivity index (χ1v) is 6.15. The highest BCUT2D eigenvalue weighted by atomic mass is 35.5. The Labute approximate surface area is 104 Å². The smallest absolute Gasteiger partial charge is 0.178 e. The minimum absolute atomic E-state index is 0.116. The van der Waals surface area contributed by atoms with Gasteiger partial charge in [0.1, 0.15) is 0 Å². The molecule has 0 radical (unpaired) electrons. The van der Waals surface area contributed by atoms with E-state index in [1.807, 2.05) is 18.2 Å². The van der Waals surface area contributed by atoms with Gasteiger partial charge in [0.05, 0.1) is 17.1 Å². The van der Waals surface area contributed by atoms with Crippen LogP contribution in [-0.2, 0) is 0 Å². The predicted molar refractivity (Wildman–Crippen MR) is 68.7 cm³/mol. The summed E-state index contributed by atoms with van der Waals surface area (Å²) in [6, 6.07) is 6.15. The molecular formula is C13H13ClN2O. The van der Waals surface area contributed by atoms with Crippen LogP contribution in [0.25, 0.3) is 10.9 Å². The minimum atomic E-state index is 0.116. The SMILES string of the molecule is O=C(CNC1CC1)c1c[nH]c2c(Cl)cccc12. The average molecular weight is 249 g/mol. The molecule has 1 saturated carbocycles. The molecule has 1 aromatic carbocycles. The Bertz CT molecular complexity index is 572. The molecule has 0 spiro atoms. The second-order valence-electron chi connectivity index (χ2n) is 4.44. The summed E-state index contributed by atoms with van der Waals surface area (Å²) in [5.74, 6) is 0.116. The lowest BCUT2D eigenvalue weighted by Gasteiger charge is -2.01. The number of hydrogen-bond donors (Lipinski definition) is 2. The summed E-state index contributed by atoms with van der Waals surface area (Å²) in [4.78, 5) is 15.1. The number of fused-ring (bicyclic) bond motifs is 1. The molecule has 2 aromatic rings. The molecule has 17 heavy (non-hydrogen) atoms. The van der Waals surface area contributed by atoms with Crippen LogP contribution in [0.1, 0.15) is 23.2 Å². The second-order valence-corrected chi connectivity index (χ2v) is 4.85. The third-order valence-electron chi connectivity index (χ3n) is 3.09. The summed E-state index contributed by atoms with van der Waals surface area (Å²) < 4.78 is 0. The highest BCUT2D eigenvalue weighted by molar-refractivity contribution is 6.35. The first-order valence-electron chi connectivity index (χ1n) is 5.78. The zero-order valence-electron chi connectivity index (χ0n) is 9.29. The number of ketones is 1. The monoisotopic (exact) mass is 248 g/mol. The molecule has 3 rings (SSSR count). The van der Waals surface area contributed by atoms with Crippen molar-refractivity contribution in [2.24, 2.45) is 0 Å². The number of rotatable bonds is 4. The van der Waals surface area contributed by atoms with E-state index in [-0.39, 0.29) is 5.78 Å². The summed E-state index contributed by atoms with van der Waals surface area (Å²) in [6.07, 6.45) is 4.12. The van der Waals surface area contributed by atoms with E-state index in [0.717, 1.165) is 16.5 Å². The fraction of sp³-hybridized carbons (Fsp3) is 0.308. The maximum absolute atomic E-state index is 12.0. The molecule has 2 N–H and O–H groups in total. The van der Waals surface area contributed by atoms with Crippen molar-refractivity contribution in [3.63, 3.8) is 0 Å². The first kappa shape index (κ1) is 10.8. The molecular weight excluding hydrogens is 236 g/mol. The van der Waals surface area contributed by atoms with Gasteiger partial charge >= 0.3 is 0 Å². The van der Waals surface area contributed by atoms with Crippen LogP contribution in [0.5, 0.6) is 0 Å². The van der Waals surface area contributed by atoms with Crippen LogP contribution in [-0.4, -0.2) is 23.4 Å². The van der Waals surface area contributed by atoms with E-state index in [0.29, 0.717) is 17.6 Å². The highest BCUT2D eigenvalue weighted by Gasteiger charge is 2.22. The maximum atomic E-state index is 12.0. The number of carbonyl (C=O) groups is 1. The van der Waals surface area contributed by atoms with Gasteiger partial charge in [0, 0.05) is 23.2 Å². The molecule has 0 bridgehead atoms. The normalized spacial score (nSPS) is 15.4. The van der Waals surface area contributed by atoms with Crippen LogP contribution in [0, 0.1) is 0 Å².